The van der Waals surface area contributed by atoms with Gasteiger partial charge in [-0.05, 0) is 68.1 Å². The van der Waals surface area contributed by atoms with Gasteiger partial charge in [-0.15, -0.1) is 0 Å². The highest BCUT2D eigenvalue weighted by Crippen LogP contribution is 2.40. The van der Waals surface area contributed by atoms with Gasteiger partial charge in [0.2, 0.25) is 0 Å². The number of hydrogen-bond donors (Lipinski definition) is 1. The van der Waals surface area contributed by atoms with Crippen molar-refractivity contribution in [3.8, 4) is 5.75 Å². The number of likely N-dealkylation sites (tertiary alicyclic amines) is 1. The molecule has 4 rings (SSSR count). The predicted molar refractivity (Wildman–Crippen MR) is 122 cm³/mol. The Labute approximate surface area is 192 Å². The second-order valence-electron chi connectivity index (χ2n) is 8.24. The molecule has 2 aliphatic rings. The zero-order chi connectivity index (χ0) is 22.8. The standard InChI is InChI=1S/C25H26ClNO5/c1-15(2)31-13-11-27-22(16-5-8-19(26)9-6-16)21(24(29)25(27)30)23(28)18-7-10-20-17(14-18)4-3-12-32-20/h5-10,14-15,22,28H,3-4,11-13H2,1-2H3/b23-21-. The summed E-state index contributed by atoms with van der Waals surface area (Å²) in [6, 6.07) is 11.6. The number of Topliss-reactive ketones (excluding diaryl/α,β-unsaturated/α-hetero) is 1. The second-order valence-corrected chi connectivity index (χ2v) is 8.67. The lowest BCUT2D eigenvalue weighted by Crippen LogP contribution is -2.33. The molecule has 2 aliphatic heterocycles. The molecule has 0 aliphatic carbocycles. The molecule has 168 valence electrons. The highest BCUT2D eigenvalue weighted by atomic mass is 35.5. The highest BCUT2D eigenvalue weighted by molar-refractivity contribution is 6.46. The van der Waals surface area contributed by atoms with E-state index in [1.165, 1.54) is 4.90 Å². The third-order valence-corrected chi connectivity index (χ3v) is 5.94. The fraction of sp³-hybridized carbons (Fsp3) is 0.360. The number of rotatable bonds is 6. The SMILES string of the molecule is CC(C)OCCN1C(=O)C(=O)/C(=C(\O)c2ccc3c(c2)CCCO3)C1c1ccc(Cl)cc1. The van der Waals surface area contributed by atoms with Crippen molar-refractivity contribution in [2.75, 3.05) is 19.8 Å². The number of aliphatic hydroxyl groups excluding tert-OH is 1. The Morgan fingerprint density at radius 1 is 1.22 bits per heavy atom. The van der Waals surface area contributed by atoms with Crippen molar-refractivity contribution in [2.45, 2.75) is 38.8 Å². The minimum atomic E-state index is -0.727. The van der Waals surface area contributed by atoms with Gasteiger partial charge in [0, 0.05) is 17.1 Å². The Morgan fingerprint density at radius 2 is 1.97 bits per heavy atom. The van der Waals surface area contributed by atoms with E-state index in [1.54, 1.807) is 36.4 Å². The van der Waals surface area contributed by atoms with Crippen molar-refractivity contribution in [1.82, 2.24) is 4.90 Å². The Morgan fingerprint density at radius 3 is 2.69 bits per heavy atom. The number of nitrogens with zero attached hydrogens (tertiary/aromatic N) is 1. The Kier molecular flexibility index (Phi) is 6.53. The number of hydrogen-bond acceptors (Lipinski definition) is 5. The summed E-state index contributed by atoms with van der Waals surface area (Å²) in [5, 5.41) is 11.8. The molecule has 2 aromatic carbocycles. The molecule has 1 amide bonds. The number of aliphatic hydroxyl groups is 1. The van der Waals surface area contributed by atoms with Crippen molar-refractivity contribution in [1.29, 1.82) is 0 Å². The van der Waals surface area contributed by atoms with E-state index in [0.29, 0.717) is 22.8 Å². The first-order valence-electron chi connectivity index (χ1n) is 10.8. The second kappa shape index (κ2) is 9.35. The molecule has 6 nitrogen and oxygen atoms in total. The fourth-order valence-corrected chi connectivity index (χ4v) is 4.28. The Hall–Kier alpha value is -2.83. The molecular formula is C25H26ClNO5. The van der Waals surface area contributed by atoms with Gasteiger partial charge in [0.25, 0.3) is 11.7 Å². The first kappa shape index (κ1) is 22.4. The minimum Gasteiger partial charge on any atom is -0.507 e. The molecule has 1 fully saturated rings. The summed E-state index contributed by atoms with van der Waals surface area (Å²) in [6.07, 6.45) is 1.72. The van der Waals surface area contributed by atoms with Crippen LogP contribution >= 0.6 is 11.6 Å². The average Bonchev–Trinajstić information content (AvgIpc) is 3.03. The summed E-state index contributed by atoms with van der Waals surface area (Å²) >= 11 is 6.05. The summed E-state index contributed by atoms with van der Waals surface area (Å²) < 4.78 is 11.3. The number of carbonyl (C=O) groups excluding carboxylic acids is 2. The summed E-state index contributed by atoms with van der Waals surface area (Å²) in [6.45, 7) is 4.99. The van der Waals surface area contributed by atoms with E-state index in [9.17, 15) is 14.7 Å². The van der Waals surface area contributed by atoms with E-state index in [4.69, 9.17) is 21.1 Å². The van der Waals surface area contributed by atoms with E-state index < -0.39 is 17.7 Å². The van der Waals surface area contributed by atoms with Crippen molar-refractivity contribution >= 4 is 29.1 Å². The number of benzene rings is 2. The number of halogens is 1. The summed E-state index contributed by atoms with van der Waals surface area (Å²) in [5.74, 6) is -0.765. The third-order valence-electron chi connectivity index (χ3n) is 5.69. The molecule has 32 heavy (non-hydrogen) atoms. The zero-order valence-corrected chi connectivity index (χ0v) is 18.9. The maximum absolute atomic E-state index is 13.1. The van der Waals surface area contributed by atoms with Gasteiger partial charge in [0.1, 0.15) is 11.5 Å². The van der Waals surface area contributed by atoms with Crippen molar-refractivity contribution in [3.05, 3.63) is 69.8 Å². The lowest BCUT2D eigenvalue weighted by Gasteiger charge is -2.26. The quantitative estimate of drug-likeness (QED) is 0.394. The number of fused-ring (bicyclic) bond motifs is 1. The van der Waals surface area contributed by atoms with Crippen LogP contribution in [0.3, 0.4) is 0 Å². The number of ether oxygens (including phenoxy) is 2. The number of amides is 1. The largest absolute Gasteiger partial charge is 0.507 e. The summed E-state index contributed by atoms with van der Waals surface area (Å²) in [5.41, 5.74) is 2.23. The number of ketones is 1. The van der Waals surface area contributed by atoms with E-state index in [1.807, 2.05) is 19.9 Å². The van der Waals surface area contributed by atoms with Crippen LogP contribution in [0.5, 0.6) is 5.75 Å². The lowest BCUT2D eigenvalue weighted by atomic mass is 9.94. The molecule has 0 spiro atoms. The predicted octanol–water partition coefficient (Wildman–Crippen LogP) is 4.51. The monoisotopic (exact) mass is 455 g/mol. The first-order valence-corrected chi connectivity index (χ1v) is 11.2. The maximum atomic E-state index is 13.1. The summed E-state index contributed by atoms with van der Waals surface area (Å²) in [7, 11) is 0. The van der Waals surface area contributed by atoms with Crippen LogP contribution in [0.25, 0.3) is 5.76 Å². The van der Waals surface area contributed by atoms with Crippen LogP contribution in [-0.2, 0) is 20.7 Å². The maximum Gasteiger partial charge on any atom is 0.295 e. The normalized spacial score (nSPS) is 19.9. The zero-order valence-electron chi connectivity index (χ0n) is 18.1. The topological polar surface area (TPSA) is 76.1 Å². The number of aryl methyl sites for hydroxylation is 1. The van der Waals surface area contributed by atoms with Crippen LogP contribution in [0.4, 0.5) is 0 Å². The molecule has 2 aromatic rings. The van der Waals surface area contributed by atoms with Crippen molar-refractivity contribution < 1.29 is 24.2 Å². The molecule has 0 radical (unpaired) electrons. The van der Waals surface area contributed by atoms with Gasteiger partial charge in [0.15, 0.2) is 0 Å². The third kappa shape index (κ3) is 4.38. The fourth-order valence-electron chi connectivity index (χ4n) is 4.15. The van der Waals surface area contributed by atoms with Gasteiger partial charge in [-0.1, -0.05) is 23.7 Å². The molecule has 1 unspecified atom stereocenters. The van der Waals surface area contributed by atoms with Crippen molar-refractivity contribution in [2.24, 2.45) is 0 Å². The van der Waals surface area contributed by atoms with Gasteiger partial charge < -0.3 is 19.5 Å². The van der Waals surface area contributed by atoms with Crippen LogP contribution in [0, 0.1) is 0 Å². The molecule has 0 bridgehead atoms. The van der Waals surface area contributed by atoms with E-state index in [-0.39, 0.29) is 30.6 Å². The molecule has 1 N–H and O–H groups in total. The van der Waals surface area contributed by atoms with Crippen LogP contribution < -0.4 is 4.74 Å². The summed E-state index contributed by atoms with van der Waals surface area (Å²) in [4.78, 5) is 27.5. The molecular weight excluding hydrogens is 430 g/mol. The smallest absolute Gasteiger partial charge is 0.295 e. The highest BCUT2D eigenvalue weighted by Gasteiger charge is 2.46. The van der Waals surface area contributed by atoms with Crippen LogP contribution in [0.15, 0.2) is 48.0 Å². The Bertz CT molecular complexity index is 1060. The minimum absolute atomic E-state index is 0.00137. The molecule has 0 saturated carbocycles. The lowest BCUT2D eigenvalue weighted by molar-refractivity contribution is -0.140. The van der Waals surface area contributed by atoms with Gasteiger partial charge in [0.05, 0.1) is 30.9 Å². The van der Waals surface area contributed by atoms with E-state index in [0.717, 1.165) is 24.2 Å². The van der Waals surface area contributed by atoms with Gasteiger partial charge in [-0.25, -0.2) is 0 Å². The first-order chi connectivity index (χ1) is 15.4. The van der Waals surface area contributed by atoms with Gasteiger partial charge in [-0.3, -0.25) is 9.59 Å². The van der Waals surface area contributed by atoms with Gasteiger partial charge in [-0.2, -0.15) is 0 Å². The molecule has 2 heterocycles. The van der Waals surface area contributed by atoms with Crippen LogP contribution in [0.2, 0.25) is 5.02 Å². The van der Waals surface area contributed by atoms with E-state index in [2.05, 4.69) is 0 Å². The molecule has 1 atom stereocenters. The molecule has 1 saturated heterocycles. The Balaban J connectivity index is 1.77. The molecule has 0 aromatic heterocycles. The van der Waals surface area contributed by atoms with Crippen LogP contribution in [-0.4, -0.2) is 47.6 Å². The van der Waals surface area contributed by atoms with Crippen LogP contribution in [0.1, 0.15) is 43.0 Å². The number of carbonyl (C=O) groups is 2. The van der Waals surface area contributed by atoms with E-state index >= 15 is 0 Å². The van der Waals surface area contributed by atoms with Gasteiger partial charge >= 0.3 is 0 Å². The van der Waals surface area contributed by atoms with Crippen molar-refractivity contribution in [3.63, 3.8) is 0 Å². The average molecular weight is 456 g/mol. The molecule has 7 heteroatoms.